The van der Waals surface area contributed by atoms with Crippen molar-refractivity contribution in [2.24, 2.45) is 7.05 Å². The van der Waals surface area contributed by atoms with E-state index in [4.69, 9.17) is 0 Å². The third-order valence-electron chi connectivity index (χ3n) is 6.65. The molecule has 0 spiro atoms. The van der Waals surface area contributed by atoms with E-state index in [0.29, 0.717) is 0 Å². The topological polar surface area (TPSA) is 27.7 Å². The number of pyridine rings is 1. The zero-order valence-corrected chi connectivity index (χ0v) is 19.4. The summed E-state index contributed by atoms with van der Waals surface area (Å²) in [5.41, 5.74) is 9.66. The molecule has 0 N–H and O–H groups in total. The smallest absolute Gasteiger partial charge is 0.201 e. The van der Waals surface area contributed by atoms with Gasteiger partial charge in [-0.05, 0) is 51.2 Å². The fourth-order valence-corrected chi connectivity index (χ4v) is 9.00. The van der Waals surface area contributed by atoms with Gasteiger partial charge in [-0.25, -0.2) is 4.57 Å². The van der Waals surface area contributed by atoms with Crippen LogP contribution in [-0.2, 0) is 7.05 Å². The van der Waals surface area contributed by atoms with Crippen molar-refractivity contribution in [1.29, 1.82) is 5.26 Å². The first-order valence-corrected chi connectivity index (χ1v) is 13.7. The maximum Gasteiger partial charge on any atom is 0.213 e. The van der Waals surface area contributed by atoms with Crippen molar-refractivity contribution in [3.05, 3.63) is 90.1 Å². The van der Waals surface area contributed by atoms with E-state index in [-0.39, 0.29) is 0 Å². The highest BCUT2D eigenvalue weighted by molar-refractivity contribution is 7.05. The van der Waals surface area contributed by atoms with E-state index < -0.39 is 8.07 Å². The minimum atomic E-state index is -2.06. The molecule has 2 nitrogen and oxygen atoms in total. The molecule has 150 valence electrons. The lowest BCUT2D eigenvalue weighted by molar-refractivity contribution is -0.660. The molecule has 0 amide bonds. The Balaban J connectivity index is 1.82. The Hall–Kier alpha value is -3.48. The summed E-state index contributed by atoms with van der Waals surface area (Å²) in [5, 5.41) is 12.6. The predicted octanol–water partition coefficient (Wildman–Crippen LogP) is 4.83. The Bertz CT molecular complexity index is 1380. The van der Waals surface area contributed by atoms with Gasteiger partial charge in [-0.2, -0.15) is 5.26 Å². The molecule has 3 heteroatoms. The summed E-state index contributed by atoms with van der Waals surface area (Å²) in [5.74, 6) is 0. The van der Waals surface area contributed by atoms with Gasteiger partial charge in [-0.1, -0.05) is 67.7 Å². The molecule has 0 saturated carbocycles. The first-order chi connectivity index (χ1) is 14.9. The Morgan fingerprint density at radius 2 is 1.55 bits per heavy atom. The number of benzene rings is 3. The maximum absolute atomic E-state index is 9.83. The Kier molecular flexibility index (Phi) is 4.42. The van der Waals surface area contributed by atoms with Crippen molar-refractivity contribution < 1.29 is 4.57 Å². The lowest BCUT2D eigenvalue weighted by Gasteiger charge is -2.23. The summed E-state index contributed by atoms with van der Waals surface area (Å²) in [6.45, 7) is 6.99. The number of hydrogen-bond donors (Lipinski definition) is 0. The average Bonchev–Trinajstić information content (AvgIpc) is 3.02. The minimum Gasteiger partial charge on any atom is -0.201 e. The zero-order valence-electron chi connectivity index (χ0n) is 18.4. The lowest BCUT2D eigenvalue weighted by Crippen LogP contribution is -2.52. The van der Waals surface area contributed by atoms with Crippen LogP contribution in [-0.4, -0.2) is 8.07 Å². The number of rotatable bonds is 2. The van der Waals surface area contributed by atoms with Gasteiger partial charge in [0.1, 0.15) is 15.1 Å². The van der Waals surface area contributed by atoms with E-state index in [0.717, 1.165) is 5.56 Å². The predicted molar refractivity (Wildman–Crippen MR) is 130 cm³/mol. The van der Waals surface area contributed by atoms with Crippen molar-refractivity contribution in [1.82, 2.24) is 0 Å². The molecule has 0 aliphatic carbocycles. The van der Waals surface area contributed by atoms with Crippen molar-refractivity contribution in [3.63, 3.8) is 0 Å². The summed E-state index contributed by atoms with van der Waals surface area (Å²) in [7, 11) is 0.0641. The van der Waals surface area contributed by atoms with Crippen LogP contribution in [0.2, 0.25) is 13.1 Å². The standard InChI is InChI=1S/C28H25N2Si/c1-19-13-14-24-23-12-8-11-22(18-29)27(23)31(3,4)28(24)26(19)25-17-21(15-16-30(25)2)20-9-6-5-7-10-20/h5-17H,1-4H3/q+1. The molecule has 4 aromatic rings. The second-order valence-corrected chi connectivity index (χ2v) is 13.2. The van der Waals surface area contributed by atoms with Crippen LogP contribution in [0.5, 0.6) is 0 Å². The van der Waals surface area contributed by atoms with Gasteiger partial charge in [0.05, 0.1) is 11.6 Å². The summed E-state index contributed by atoms with van der Waals surface area (Å²) in [4.78, 5) is 0. The van der Waals surface area contributed by atoms with Crippen LogP contribution >= 0.6 is 0 Å². The molecule has 5 rings (SSSR count). The van der Waals surface area contributed by atoms with E-state index >= 15 is 0 Å². The number of aryl methyl sites for hydroxylation is 2. The largest absolute Gasteiger partial charge is 0.213 e. The molecule has 3 aromatic carbocycles. The van der Waals surface area contributed by atoms with Gasteiger partial charge in [0, 0.05) is 17.7 Å². The van der Waals surface area contributed by atoms with Gasteiger partial charge in [0.15, 0.2) is 6.20 Å². The quantitative estimate of drug-likeness (QED) is 0.339. The summed E-state index contributed by atoms with van der Waals surface area (Å²) >= 11 is 0. The molecular weight excluding hydrogens is 392 g/mol. The molecule has 0 saturated heterocycles. The third-order valence-corrected chi connectivity index (χ3v) is 10.2. The van der Waals surface area contributed by atoms with E-state index in [9.17, 15) is 5.26 Å². The van der Waals surface area contributed by atoms with Crippen LogP contribution in [0, 0.1) is 18.3 Å². The van der Waals surface area contributed by atoms with Gasteiger partial charge in [0.25, 0.3) is 0 Å². The molecule has 1 aliphatic rings. The molecule has 31 heavy (non-hydrogen) atoms. The fraction of sp³-hybridized carbons (Fsp3) is 0.143. The molecule has 2 heterocycles. The fourth-order valence-electron chi connectivity index (χ4n) is 5.21. The summed E-state index contributed by atoms with van der Waals surface area (Å²) in [6, 6.07) is 28.2. The molecular formula is C28H25N2Si+. The van der Waals surface area contributed by atoms with Crippen LogP contribution in [0.3, 0.4) is 0 Å². The van der Waals surface area contributed by atoms with Crippen molar-refractivity contribution in [3.8, 4) is 39.6 Å². The van der Waals surface area contributed by atoms with E-state index in [1.54, 1.807) is 0 Å². The number of aromatic nitrogens is 1. The number of nitriles is 1. The van der Waals surface area contributed by atoms with Gasteiger partial charge in [-0.3, -0.25) is 0 Å². The normalized spacial score (nSPS) is 13.4. The SMILES string of the molecule is Cc1ccc2c(c1-c1cc(-c3ccccc3)cc[n+]1C)[Si](C)(C)c1c(C#N)cccc1-2. The highest BCUT2D eigenvalue weighted by Crippen LogP contribution is 2.36. The van der Waals surface area contributed by atoms with Gasteiger partial charge < -0.3 is 0 Å². The molecule has 0 radical (unpaired) electrons. The number of hydrogen-bond acceptors (Lipinski definition) is 1. The van der Waals surface area contributed by atoms with Crippen LogP contribution < -0.4 is 14.9 Å². The lowest BCUT2D eigenvalue weighted by atomic mass is 9.95. The Morgan fingerprint density at radius 1 is 0.806 bits per heavy atom. The van der Waals surface area contributed by atoms with Crippen LogP contribution in [0.4, 0.5) is 0 Å². The highest BCUT2D eigenvalue weighted by atomic mass is 28.3. The zero-order chi connectivity index (χ0) is 21.8. The summed E-state index contributed by atoms with van der Waals surface area (Å²) < 4.78 is 2.23. The molecule has 0 bridgehead atoms. The highest BCUT2D eigenvalue weighted by Gasteiger charge is 2.42. The Labute approximate surface area is 185 Å². The molecule has 1 aromatic heterocycles. The second-order valence-electron chi connectivity index (χ2n) is 8.92. The number of fused-ring (bicyclic) bond motifs is 3. The average molecular weight is 418 g/mol. The van der Waals surface area contributed by atoms with Gasteiger partial charge >= 0.3 is 0 Å². The maximum atomic E-state index is 9.83. The van der Waals surface area contributed by atoms with E-state index in [1.165, 1.54) is 49.4 Å². The van der Waals surface area contributed by atoms with Gasteiger partial charge in [-0.15, -0.1) is 0 Å². The van der Waals surface area contributed by atoms with Crippen molar-refractivity contribution in [2.45, 2.75) is 20.0 Å². The second kappa shape index (κ2) is 7.04. The van der Waals surface area contributed by atoms with Crippen molar-refractivity contribution in [2.75, 3.05) is 0 Å². The van der Waals surface area contributed by atoms with E-state index in [1.807, 2.05) is 12.1 Å². The van der Waals surface area contributed by atoms with Crippen LogP contribution in [0.25, 0.3) is 33.5 Å². The molecule has 0 unspecified atom stereocenters. The van der Waals surface area contributed by atoms with Gasteiger partial charge in [0.2, 0.25) is 5.69 Å². The third kappa shape index (κ3) is 2.87. The van der Waals surface area contributed by atoms with Crippen LogP contribution in [0.15, 0.2) is 79.0 Å². The van der Waals surface area contributed by atoms with Crippen molar-refractivity contribution >= 4 is 18.4 Å². The monoisotopic (exact) mass is 417 g/mol. The molecule has 1 aliphatic heterocycles. The minimum absolute atomic E-state index is 0.830. The Morgan fingerprint density at radius 3 is 2.29 bits per heavy atom. The van der Waals surface area contributed by atoms with E-state index in [2.05, 4.69) is 105 Å². The molecule has 0 fully saturated rings. The number of nitrogens with zero attached hydrogens (tertiary/aromatic N) is 2. The summed E-state index contributed by atoms with van der Waals surface area (Å²) in [6.07, 6.45) is 2.16. The van der Waals surface area contributed by atoms with Crippen LogP contribution in [0.1, 0.15) is 11.1 Å². The molecule has 0 atom stereocenters. The first kappa shape index (κ1) is 19.5. The first-order valence-electron chi connectivity index (χ1n) is 10.7.